The number of amidine groups is 1. The Labute approximate surface area is 122 Å². The second-order valence-electron chi connectivity index (χ2n) is 3.76. The molecule has 0 atom stereocenters. The number of hydrogen-bond acceptors (Lipinski definition) is 3. The summed E-state index contributed by atoms with van der Waals surface area (Å²) >= 11 is 8.35. The van der Waals surface area contributed by atoms with Crippen molar-refractivity contribution in [3.63, 3.8) is 0 Å². The molecule has 19 heavy (non-hydrogen) atoms. The SMILES string of the molecule is O=C(O)CN1C(=O)C(=Cc2ccc(Cl)cc2)N=C1[Se]. The van der Waals surface area contributed by atoms with Crippen LogP contribution in [0.25, 0.3) is 6.08 Å². The first-order chi connectivity index (χ1) is 8.97. The van der Waals surface area contributed by atoms with Crippen LogP contribution in [-0.2, 0) is 9.59 Å². The number of hydrogen-bond donors (Lipinski definition) is 1. The normalized spacial score (nSPS) is 16.9. The summed E-state index contributed by atoms with van der Waals surface area (Å²) in [5.41, 5.74) is 0.957. The van der Waals surface area contributed by atoms with Crippen LogP contribution in [0.3, 0.4) is 0 Å². The van der Waals surface area contributed by atoms with Gasteiger partial charge in [-0.05, 0) is 0 Å². The molecule has 0 aromatic heterocycles. The Hall–Kier alpha value is -1.62. The number of nitrogens with zero attached hydrogens (tertiary/aromatic N) is 2. The van der Waals surface area contributed by atoms with Crippen molar-refractivity contribution >= 4 is 50.3 Å². The maximum absolute atomic E-state index is 12.0. The molecule has 7 heteroatoms. The van der Waals surface area contributed by atoms with E-state index >= 15 is 0 Å². The van der Waals surface area contributed by atoms with E-state index < -0.39 is 18.4 Å². The van der Waals surface area contributed by atoms with Gasteiger partial charge in [-0.15, -0.1) is 0 Å². The van der Waals surface area contributed by atoms with E-state index in [-0.39, 0.29) is 10.4 Å². The van der Waals surface area contributed by atoms with Crippen LogP contribution < -0.4 is 0 Å². The summed E-state index contributed by atoms with van der Waals surface area (Å²) in [6.07, 6.45) is 1.58. The summed E-state index contributed by atoms with van der Waals surface area (Å²) in [5.74, 6) is -1.53. The van der Waals surface area contributed by atoms with Crippen molar-refractivity contribution in [2.24, 2.45) is 4.99 Å². The van der Waals surface area contributed by atoms with E-state index in [4.69, 9.17) is 16.7 Å². The number of carbonyl (C=O) groups is 2. The van der Waals surface area contributed by atoms with Crippen LogP contribution in [0.5, 0.6) is 0 Å². The first kappa shape index (κ1) is 13.8. The number of amides is 1. The number of carboxylic acid groups (broad SMARTS) is 1. The van der Waals surface area contributed by atoms with Gasteiger partial charge in [-0.2, -0.15) is 0 Å². The predicted molar refractivity (Wildman–Crippen MR) is 72.0 cm³/mol. The van der Waals surface area contributed by atoms with Crippen molar-refractivity contribution in [3.8, 4) is 0 Å². The number of rotatable bonds is 3. The van der Waals surface area contributed by atoms with Gasteiger partial charge >= 0.3 is 122 Å². The molecular weight excluding hydrogens is 335 g/mol. The fraction of sp³-hybridized carbons (Fsp3) is 0.0833. The minimum atomic E-state index is -1.09. The zero-order chi connectivity index (χ0) is 14.0. The second-order valence-corrected chi connectivity index (χ2v) is 4.96. The third-order valence-electron chi connectivity index (χ3n) is 2.38. The quantitative estimate of drug-likeness (QED) is 0.661. The molecule has 1 aromatic carbocycles. The van der Waals surface area contributed by atoms with Gasteiger partial charge in [0.2, 0.25) is 0 Å². The number of halogens is 1. The summed E-state index contributed by atoms with van der Waals surface area (Å²) in [7, 11) is 0. The van der Waals surface area contributed by atoms with Crippen molar-refractivity contribution in [3.05, 3.63) is 40.5 Å². The van der Waals surface area contributed by atoms with E-state index in [1.807, 2.05) is 0 Å². The van der Waals surface area contributed by atoms with E-state index in [1.165, 1.54) is 0 Å². The van der Waals surface area contributed by atoms with Gasteiger partial charge in [-0.25, -0.2) is 0 Å². The van der Waals surface area contributed by atoms with E-state index in [2.05, 4.69) is 21.0 Å². The second kappa shape index (κ2) is 5.57. The number of aliphatic imine (C=N–C) groups is 1. The van der Waals surface area contributed by atoms with Gasteiger partial charge in [-0.3, -0.25) is 0 Å². The fourth-order valence-electron chi connectivity index (χ4n) is 1.52. The molecule has 0 saturated carbocycles. The zero-order valence-electron chi connectivity index (χ0n) is 9.54. The van der Waals surface area contributed by atoms with E-state index in [1.54, 1.807) is 30.3 Å². The molecule has 0 bridgehead atoms. The van der Waals surface area contributed by atoms with Gasteiger partial charge < -0.3 is 0 Å². The van der Waals surface area contributed by atoms with Crippen LogP contribution in [-0.4, -0.2) is 49.2 Å². The number of carbonyl (C=O) groups excluding carboxylic acids is 1. The Morgan fingerprint density at radius 1 is 1.42 bits per heavy atom. The summed E-state index contributed by atoms with van der Waals surface area (Å²) < 4.78 is 0.257. The van der Waals surface area contributed by atoms with E-state index in [0.29, 0.717) is 5.02 Å². The van der Waals surface area contributed by atoms with Gasteiger partial charge in [0.05, 0.1) is 0 Å². The van der Waals surface area contributed by atoms with Crippen molar-refractivity contribution in [1.29, 1.82) is 0 Å². The van der Waals surface area contributed by atoms with Crippen LogP contribution >= 0.6 is 11.6 Å². The Balaban J connectivity index is 2.25. The van der Waals surface area contributed by atoms with E-state index in [9.17, 15) is 9.59 Å². The minimum absolute atomic E-state index is 0.192. The Morgan fingerprint density at radius 3 is 2.63 bits per heavy atom. The molecule has 5 nitrogen and oxygen atoms in total. The Morgan fingerprint density at radius 2 is 2.05 bits per heavy atom. The molecule has 0 aliphatic carbocycles. The molecule has 1 aliphatic heterocycles. The number of benzene rings is 1. The molecule has 1 heterocycles. The van der Waals surface area contributed by atoms with Gasteiger partial charge in [0.15, 0.2) is 0 Å². The van der Waals surface area contributed by atoms with Crippen molar-refractivity contribution < 1.29 is 14.7 Å². The molecule has 0 saturated heterocycles. The first-order valence-corrected chi connectivity index (χ1v) is 6.47. The van der Waals surface area contributed by atoms with Gasteiger partial charge in [0, 0.05) is 0 Å². The maximum atomic E-state index is 12.0. The molecule has 0 unspecified atom stereocenters. The monoisotopic (exact) mass is 343 g/mol. The van der Waals surface area contributed by atoms with Crippen LogP contribution in [0, 0.1) is 0 Å². The average Bonchev–Trinajstić information content (AvgIpc) is 2.60. The molecule has 0 spiro atoms. The van der Waals surface area contributed by atoms with Gasteiger partial charge in [0.1, 0.15) is 0 Å². The predicted octanol–water partition coefficient (Wildman–Crippen LogP) is 1.13. The van der Waals surface area contributed by atoms with Crippen molar-refractivity contribution in [2.75, 3.05) is 6.54 Å². The Bertz CT molecular complexity index is 595. The van der Waals surface area contributed by atoms with E-state index in [0.717, 1.165) is 10.5 Å². The number of carboxylic acids is 1. The summed E-state index contributed by atoms with van der Waals surface area (Å²) in [6, 6.07) is 6.89. The van der Waals surface area contributed by atoms with Gasteiger partial charge in [-0.1, -0.05) is 0 Å². The van der Waals surface area contributed by atoms with Crippen molar-refractivity contribution in [2.45, 2.75) is 0 Å². The summed E-state index contributed by atoms with van der Waals surface area (Å²) in [5, 5.41) is 9.32. The fourth-order valence-corrected chi connectivity index (χ4v) is 2.16. The Kier molecular flexibility index (Phi) is 4.04. The molecule has 0 fully saturated rings. The standard InChI is InChI=1S/C12H8ClN2O3Se/c13-8-3-1-7(2-4-8)5-9-11(18)15(6-10(16)17)12(19)14-9/h1-5H,6H2,(H,16,17). The topological polar surface area (TPSA) is 70.0 Å². The van der Waals surface area contributed by atoms with Crippen LogP contribution in [0.1, 0.15) is 5.56 Å². The van der Waals surface area contributed by atoms with Gasteiger partial charge in [0.25, 0.3) is 0 Å². The zero-order valence-corrected chi connectivity index (χ0v) is 12.0. The summed E-state index contributed by atoms with van der Waals surface area (Å²) in [6.45, 7) is -0.414. The molecule has 97 valence electrons. The molecule has 1 radical (unpaired) electrons. The molecule has 1 aromatic rings. The summed E-state index contributed by atoms with van der Waals surface area (Å²) in [4.78, 5) is 27.7. The van der Waals surface area contributed by atoms with Crippen LogP contribution in [0.15, 0.2) is 35.0 Å². The number of aliphatic carboxylic acids is 1. The molecule has 2 rings (SSSR count). The molecule has 1 amide bonds. The first-order valence-electron chi connectivity index (χ1n) is 5.24. The molecule has 1 aliphatic rings. The third kappa shape index (κ3) is 3.23. The third-order valence-corrected chi connectivity index (χ3v) is 3.28. The van der Waals surface area contributed by atoms with Crippen LogP contribution in [0.4, 0.5) is 0 Å². The van der Waals surface area contributed by atoms with Crippen molar-refractivity contribution in [1.82, 2.24) is 4.90 Å². The molecule has 1 N–H and O–H groups in total. The molecular formula is C12H8ClN2O3Se. The average molecular weight is 343 g/mol. The van der Waals surface area contributed by atoms with Crippen LogP contribution in [0.2, 0.25) is 5.02 Å².